The van der Waals surface area contributed by atoms with Gasteiger partial charge in [-0.1, -0.05) is 0 Å². The summed E-state index contributed by atoms with van der Waals surface area (Å²) in [7, 11) is 0. The Morgan fingerprint density at radius 3 is 2.44 bits per heavy atom. The van der Waals surface area contributed by atoms with Crippen molar-refractivity contribution in [2.24, 2.45) is 11.7 Å². The van der Waals surface area contributed by atoms with E-state index in [4.69, 9.17) is 15.2 Å². The second-order valence-electron chi connectivity index (χ2n) is 6.21. The standard InChI is InChI=1S/C14H23NO3/c15-14(5-8-17-9-6-14)12(16)11-2-7-18-13(10-11)3-1-4-13/h11H,1-10,15H2. The van der Waals surface area contributed by atoms with Crippen LogP contribution in [0.3, 0.4) is 0 Å². The third-order valence-corrected chi connectivity index (χ3v) is 5.00. The minimum absolute atomic E-state index is 0.0279. The van der Waals surface area contributed by atoms with Gasteiger partial charge in [0.15, 0.2) is 5.78 Å². The molecule has 0 amide bonds. The average Bonchev–Trinajstić information content (AvgIpc) is 2.37. The largest absolute Gasteiger partial charge is 0.381 e. The lowest BCUT2D eigenvalue weighted by Crippen LogP contribution is -2.57. The monoisotopic (exact) mass is 253 g/mol. The predicted molar refractivity (Wildman–Crippen MR) is 67.2 cm³/mol. The van der Waals surface area contributed by atoms with E-state index in [1.165, 1.54) is 6.42 Å². The van der Waals surface area contributed by atoms with Gasteiger partial charge in [-0.25, -0.2) is 0 Å². The van der Waals surface area contributed by atoms with E-state index in [0.717, 1.165) is 32.3 Å². The molecular weight excluding hydrogens is 230 g/mol. The van der Waals surface area contributed by atoms with Crippen LogP contribution in [0, 0.1) is 5.92 Å². The number of carbonyl (C=O) groups is 1. The molecule has 1 atom stereocenters. The Hall–Kier alpha value is -0.450. The summed E-state index contributed by atoms with van der Waals surface area (Å²) in [6, 6.07) is 0. The van der Waals surface area contributed by atoms with Gasteiger partial charge in [0, 0.05) is 25.7 Å². The number of Topliss-reactive ketones (excluding diaryl/α,β-unsaturated/α-hetero) is 1. The molecule has 3 rings (SSSR count). The van der Waals surface area contributed by atoms with Crippen molar-refractivity contribution in [3.63, 3.8) is 0 Å². The fourth-order valence-corrected chi connectivity index (χ4v) is 3.56. The van der Waals surface area contributed by atoms with Crippen LogP contribution >= 0.6 is 0 Å². The number of rotatable bonds is 2. The van der Waals surface area contributed by atoms with Crippen molar-refractivity contribution in [1.29, 1.82) is 0 Å². The molecule has 1 unspecified atom stereocenters. The number of ether oxygens (including phenoxy) is 2. The number of ketones is 1. The summed E-state index contributed by atoms with van der Waals surface area (Å²) in [5.74, 6) is 0.377. The molecule has 2 aliphatic heterocycles. The molecule has 3 aliphatic rings. The van der Waals surface area contributed by atoms with E-state index in [-0.39, 0.29) is 17.3 Å². The zero-order valence-electron chi connectivity index (χ0n) is 11.0. The maximum absolute atomic E-state index is 12.7. The van der Waals surface area contributed by atoms with Crippen LogP contribution in [0.1, 0.15) is 44.9 Å². The first-order chi connectivity index (χ1) is 8.64. The van der Waals surface area contributed by atoms with Gasteiger partial charge < -0.3 is 15.2 Å². The molecule has 18 heavy (non-hydrogen) atoms. The molecule has 3 fully saturated rings. The van der Waals surface area contributed by atoms with Crippen molar-refractivity contribution >= 4 is 5.78 Å². The summed E-state index contributed by atoms with van der Waals surface area (Å²) in [5.41, 5.74) is 5.71. The van der Waals surface area contributed by atoms with Gasteiger partial charge in [0.2, 0.25) is 0 Å². The SMILES string of the molecule is NC1(C(=O)C2CCOC3(CCC3)C2)CCOCC1. The second-order valence-corrected chi connectivity index (χ2v) is 6.21. The molecule has 1 spiro atoms. The van der Waals surface area contributed by atoms with E-state index in [1.807, 2.05) is 0 Å². The summed E-state index contributed by atoms with van der Waals surface area (Å²) >= 11 is 0. The first-order valence-corrected chi connectivity index (χ1v) is 7.19. The lowest BCUT2D eigenvalue weighted by Gasteiger charge is -2.48. The van der Waals surface area contributed by atoms with Crippen LogP contribution in [0.5, 0.6) is 0 Å². The third kappa shape index (κ3) is 2.10. The smallest absolute Gasteiger partial charge is 0.156 e. The molecule has 2 heterocycles. The highest BCUT2D eigenvalue weighted by Gasteiger charge is 2.48. The summed E-state index contributed by atoms with van der Waals surface area (Å²) in [4.78, 5) is 12.7. The zero-order valence-corrected chi connectivity index (χ0v) is 11.0. The molecule has 4 heteroatoms. The molecule has 4 nitrogen and oxygen atoms in total. The maximum Gasteiger partial charge on any atom is 0.156 e. The van der Waals surface area contributed by atoms with Crippen molar-refractivity contribution in [2.75, 3.05) is 19.8 Å². The Kier molecular flexibility index (Phi) is 3.20. The molecule has 102 valence electrons. The van der Waals surface area contributed by atoms with E-state index in [2.05, 4.69) is 0 Å². The Bertz CT molecular complexity index is 332. The molecule has 0 aromatic rings. The van der Waals surface area contributed by atoms with Gasteiger partial charge >= 0.3 is 0 Å². The Morgan fingerprint density at radius 1 is 1.11 bits per heavy atom. The Balaban J connectivity index is 1.67. The van der Waals surface area contributed by atoms with Gasteiger partial charge in [-0.3, -0.25) is 4.79 Å². The highest BCUT2D eigenvalue weighted by atomic mass is 16.5. The Labute approximate surface area is 108 Å². The number of carbonyl (C=O) groups excluding carboxylic acids is 1. The van der Waals surface area contributed by atoms with E-state index >= 15 is 0 Å². The van der Waals surface area contributed by atoms with E-state index in [0.29, 0.717) is 26.1 Å². The minimum atomic E-state index is -0.634. The van der Waals surface area contributed by atoms with Crippen molar-refractivity contribution in [3.05, 3.63) is 0 Å². The third-order valence-electron chi connectivity index (χ3n) is 5.00. The first-order valence-electron chi connectivity index (χ1n) is 7.19. The molecule has 1 aliphatic carbocycles. The number of nitrogens with two attached hydrogens (primary N) is 1. The average molecular weight is 253 g/mol. The summed E-state index contributed by atoms with van der Waals surface area (Å²) in [6.07, 6.45) is 6.58. The summed E-state index contributed by atoms with van der Waals surface area (Å²) in [5, 5.41) is 0. The van der Waals surface area contributed by atoms with Gasteiger partial charge in [-0.05, 0) is 44.9 Å². The molecule has 0 bridgehead atoms. The lowest BCUT2D eigenvalue weighted by molar-refractivity contribution is -0.160. The molecule has 2 N–H and O–H groups in total. The van der Waals surface area contributed by atoms with Gasteiger partial charge in [0.1, 0.15) is 0 Å². The van der Waals surface area contributed by atoms with Crippen molar-refractivity contribution < 1.29 is 14.3 Å². The van der Waals surface area contributed by atoms with E-state index in [9.17, 15) is 4.79 Å². The first kappa shape index (κ1) is 12.6. The van der Waals surface area contributed by atoms with Crippen LogP contribution in [0.15, 0.2) is 0 Å². The van der Waals surface area contributed by atoms with Crippen LogP contribution in [-0.2, 0) is 14.3 Å². The van der Waals surface area contributed by atoms with Gasteiger partial charge in [0.25, 0.3) is 0 Å². The van der Waals surface area contributed by atoms with Crippen LogP contribution < -0.4 is 5.73 Å². The van der Waals surface area contributed by atoms with Crippen molar-refractivity contribution in [1.82, 2.24) is 0 Å². The molecule has 0 aromatic carbocycles. The van der Waals surface area contributed by atoms with Gasteiger partial charge in [-0.2, -0.15) is 0 Å². The predicted octanol–water partition coefficient (Wildman–Crippen LogP) is 1.41. The van der Waals surface area contributed by atoms with Gasteiger partial charge in [-0.15, -0.1) is 0 Å². The van der Waals surface area contributed by atoms with E-state index < -0.39 is 5.54 Å². The highest BCUT2D eigenvalue weighted by Crippen LogP contribution is 2.45. The molecular formula is C14H23NO3. The molecule has 2 saturated heterocycles. The topological polar surface area (TPSA) is 61.6 Å². The summed E-state index contributed by atoms with van der Waals surface area (Å²) in [6.45, 7) is 1.97. The molecule has 0 aromatic heterocycles. The van der Waals surface area contributed by atoms with Crippen LogP contribution in [0.2, 0.25) is 0 Å². The second kappa shape index (κ2) is 4.58. The lowest BCUT2D eigenvalue weighted by atomic mass is 9.68. The van der Waals surface area contributed by atoms with Crippen LogP contribution in [0.4, 0.5) is 0 Å². The van der Waals surface area contributed by atoms with E-state index in [1.54, 1.807) is 0 Å². The fraction of sp³-hybridized carbons (Fsp3) is 0.929. The number of hydrogen-bond acceptors (Lipinski definition) is 4. The summed E-state index contributed by atoms with van der Waals surface area (Å²) < 4.78 is 11.2. The maximum atomic E-state index is 12.7. The molecule has 0 radical (unpaired) electrons. The van der Waals surface area contributed by atoms with Crippen molar-refractivity contribution in [3.8, 4) is 0 Å². The van der Waals surface area contributed by atoms with Gasteiger partial charge in [0.05, 0.1) is 11.1 Å². The Morgan fingerprint density at radius 2 is 1.83 bits per heavy atom. The minimum Gasteiger partial charge on any atom is -0.381 e. The van der Waals surface area contributed by atoms with Crippen LogP contribution in [0.25, 0.3) is 0 Å². The van der Waals surface area contributed by atoms with Crippen LogP contribution in [-0.4, -0.2) is 36.7 Å². The molecule has 1 saturated carbocycles. The number of hydrogen-bond donors (Lipinski definition) is 1. The fourth-order valence-electron chi connectivity index (χ4n) is 3.56. The zero-order chi connectivity index (χ0) is 12.6. The van der Waals surface area contributed by atoms with Crippen molar-refractivity contribution in [2.45, 2.75) is 56.1 Å². The highest BCUT2D eigenvalue weighted by molar-refractivity contribution is 5.90. The normalized spacial score (nSPS) is 33.9. The quantitative estimate of drug-likeness (QED) is 0.808.